The number of piperazine rings is 1. The number of hydrogen-bond acceptors (Lipinski definition) is 4. The largest absolute Gasteiger partial charge is 0.339 e. The van der Waals surface area contributed by atoms with Gasteiger partial charge in [-0.1, -0.05) is 25.3 Å². The number of halogens is 3. The van der Waals surface area contributed by atoms with Crippen molar-refractivity contribution in [2.45, 2.75) is 44.2 Å². The average molecular weight is 412 g/mol. The van der Waals surface area contributed by atoms with E-state index in [-0.39, 0.29) is 43.1 Å². The maximum atomic E-state index is 12.7. The van der Waals surface area contributed by atoms with Gasteiger partial charge in [-0.25, -0.2) is 0 Å². The first-order valence-electron chi connectivity index (χ1n) is 8.38. The number of carbonyl (C=O) groups is 1. The highest BCUT2D eigenvalue weighted by Crippen LogP contribution is 2.28. The van der Waals surface area contributed by atoms with Crippen LogP contribution in [-0.2, 0) is 11.3 Å². The molecule has 1 aliphatic carbocycles. The fourth-order valence-corrected chi connectivity index (χ4v) is 3.54. The summed E-state index contributed by atoms with van der Waals surface area (Å²) in [4.78, 5) is 21.4. The molecule has 0 atom stereocenters. The van der Waals surface area contributed by atoms with Crippen LogP contribution >= 0.6 is 37.2 Å². The molecule has 0 spiro atoms. The second-order valence-corrected chi connectivity index (χ2v) is 6.61. The van der Waals surface area contributed by atoms with Crippen molar-refractivity contribution in [3.8, 4) is 0 Å². The molecule has 2 aliphatic rings. The molecule has 3 rings (SSSR count). The Labute approximate surface area is 168 Å². The highest BCUT2D eigenvalue weighted by atomic mass is 35.5. The third-order valence-corrected chi connectivity index (χ3v) is 4.94. The molecule has 144 valence electrons. The van der Waals surface area contributed by atoms with Crippen LogP contribution in [0.5, 0.6) is 0 Å². The van der Waals surface area contributed by atoms with Gasteiger partial charge in [0, 0.05) is 38.9 Å². The smallest absolute Gasteiger partial charge is 0.242 e. The summed E-state index contributed by atoms with van der Waals surface area (Å²) < 4.78 is 0. The minimum Gasteiger partial charge on any atom is -0.339 e. The molecule has 0 bridgehead atoms. The van der Waals surface area contributed by atoms with Gasteiger partial charge >= 0.3 is 0 Å². The van der Waals surface area contributed by atoms with Crippen molar-refractivity contribution in [1.29, 1.82) is 0 Å². The van der Waals surface area contributed by atoms with E-state index in [1.807, 2.05) is 23.2 Å². The van der Waals surface area contributed by atoms with Crippen molar-refractivity contribution in [3.63, 3.8) is 0 Å². The predicted octanol–water partition coefficient (Wildman–Crippen LogP) is 2.65. The fourth-order valence-electron chi connectivity index (χ4n) is 3.54. The van der Waals surface area contributed by atoms with E-state index in [9.17, 15) is 4.79 Å². The van der Waals surface area contributed by atoms with E-state index in [1.54, 1.807) is 0 Å². The van der Waals surface area contributed by atoms with Crippen LogP contribution in [-0.4, -0.2) is 52.4 Å². The minimum absolute atomic E-state index is 0. The highest BCUT2D eigenvalue weighted by molar-refractivity contribution is 5.86. The van der Waals surface area contributed by atoms with Gasteiger partial charge in [-0.05, 0) is 25.0 Å². The van der Waals surface area contributed by atoms with Crippen molar-refractivity contribution in [1.82, 2.24) is 14.8 Å². The molecule has 0 radical (unpaired) electrons. The van der Waals surface area contributed by atoms with Gasteiger partial charge in [0.25, 0.3) is 0 Å². The normalized spacial score (nSPS) is 19.8. The third-order valence-electron chi connectivity index (χ3n) is 4.94. The van der Waals surface area contributed by atoms with Crippen molar-refractivity contribution < 1.29 is 4.79 Å². The van der Waals surface area contributed by atoms with Gasteiger partial charge in [-0.15, -0.1) is 37.2 Å². The van der Waals surface area contributed by atoms with Crippen molar-refractivity contribution in [2.24, 2.45) is 5.73 Å². The van der Waals surface area contributed by atoms with E-state index in [1.165, 1.54) is 6.42 Å². The molecule has 1 saturated heterocycles. The zero-order valence-electron chi connectivity index (χ0n) is 14.4. The molecule has 2 fully saturated rings. The number of nitrogens with zero attached hydrogens (tertiary/aromatic N) is 3. The maximum absolute atomic E-state index is 12.7. The molecule has 5 nitrogen and oxygen atoms in total. The molecule has 8 heteroatoms. The lowest BCUT2D eigenvalue weighted by Crippen LogP contribution is -2.60. The summed E-state index contributed by atoms with van der Waals surface area (Å²) in [6.07, 6.45) is 6.91. The molecule has 1 aliphatic heterocycles. The first-order valence-corrected chi connectivity index (χ1v) is 8.38. The molecule has 1 saturated carbocycles. The van der Waals surface area contributed by atoms with E-state index in [2.05, 4.69) is 16.0 Å². The number of pyridine rings is 1. The maximum Gasteiger partial charge on any atom is 0.242 e. The lowest BCUT2D eigenvalue weighted by molar-refractivity contribution is -0.140. The predicted molar refractivity (Wildman–Crippen MR) is 108 cm³/mol. The van der Waals surface area contributed by atoms with Crippen LogP contribution in [0.2, 0.25) is 0 Å². The standard InChI is InChI=1S/C17H26N4O.3ClH/c18-17(7-3-1-4-8-17)16(22)21-12-10-20(11-13-21)14-15-6-2-5-9-19-15;;;/h2,5-6,9H,1,3-4,7-8,10-14,18H2;3*1H. The second-order valence-electron chi connectivity index (χ2n) is 6.61. The zero-order valence-corrected chi connectivity index (χ0v) is 16.9. The lowest BCUT2D eigenvalue weighted by atomic mass is 9.81. The summed E-state index contributed by atoms with van der Waals surface area (Å²) in [6.45, 7) is 4.22. The summed E-state index contributed by atoms with van der Waals surface area (Å²) in [7, 11) is 0. The van der Waals surface area contributed by atoms with Crippen molar-refractivity contribution in [2.75, 3.05) is 26.2 Å². The SMILES string of the molecule is Cl.Cl.Cl.NC1(C(=O)N2CCN(Cc3ccccn3)CC2)CCCCC1. The molecule has 1 aromatic heterocycles. The summed E-state index contributed by atoms with van der Waals surface area (Å²) in [5.74, 6) is 0.171. The van der Waals surface area contributed by atoms with E-state index < -0.39 is 5.54 Å². The van der Waals surface area contributed by atoms with Gasteiger partial charge in [0.05, 0.1) is 11.2 Å². The lowest BCUT2D eigenvalue weighted by Gasteiger charge is -2.41. The molecule has 25 heavy (non-hydrogen) atoms. The number of amides is 1. The Morgan fingerprint density at radius 2 is 1.68 bits per heavy atom. The number of aromatic nitrogens is 1. The van der Waals surface area contributed by atoms with Crippen LogP contribution in [0, 0.1) is 0 Å². The monoisotopic (exact) mass is 410 g/mol. The average Bonchev–Trinajstić information content (AvgIpc) is 2.56. The highest BCUT2D eigenvalue weighted by Gasteiger charge is 2.39. The summed E-state index contributed by atoms with van der Waals surface area (Å²) in [5, 5.41) is 0. The Morgan fingerprint density at radius 3 is 2.24 bits per heavy atom. The van der Waals surface area contributed by atoms with Crippen LogP contribution in [0.25, 0.3) is 0 Å². The zero-order chi connectivity index (χ0) is 15.4. The summed E-state index contributed by atoms with van der Waals surface area (Å²) in [5.41, 5.74) is 6.87. The molecule has 1 amide bonds. The molecular weight excluding hydrogens is 383 g/mol. The topological polar surface area (TPSA) is 62.5 Å². The molecule has 1 aromatic rings. The molecule has 2 N–H and O–H groups in total. The summed E-state index contributed by atoms with van der Waals surface area (Å²) in [6, 6.07) is 6.00. The number of nitrogens with two attached hydrogens (primary N) is 1. The first-order chi connectivity index (χ1) is 10.7. The fraction of sp³-hybridized carbons (Fsp3) is 0.647. The molecule has 2 heterocycles. The Morgan fingerprint density at radius 1 is 1.04 bits per heavy atom. The Bertz CT molecular complexity index is 504. The quantitative estimate of drug-likeness (QED) is 0.830. The van der Waals surface area contributed by atoms with Crippen molar-refractivity contribution >= 4 is 43.1 Å². The summed E-state index contributed by atoms with van der Waals surface area (Å²) >= 11 is 0. The van der Waals surface area contributed by atoms with Gasteiger partial charge in [0.1, 0.15) is 0 Å². The van der Waals surface area contributed by atoms with E-state index >= 15 is 0 Å². The van der Waals surface area contributed by atoms with E-state index in [0.717, 1.165) is 64.1 Å². The number of hydrogen-bond donors (Lipinski definition) is 1. The van der Waals surface area contributed by atoms with Crippen LogP contribution in [0.1, 0.15) is 37.8 Å². The van der Waals surface area contributed by atoms with Crippen LogP contribution in [0.4, 0.5) is 0 Å². The molecular formula is C17H29Cl3N4O. The Kier molecular flexibility index (Phi) is 10.9. The van der Waals surface area contributed by atoms with Crippen LogP contribution in [0.3, 0.4) is 0 Å². The van der Waals surface area contributed by atoms with Gasteiger partial charge in [-0.3, -0.25) is 14.7 Å². The van der Waals surface area contributed by atoms with E-state index in [4.69, 9.17) is 5.73 Å². The second kappa shape index (κ2) is 11.2. The van der Waals surface area contributed by atoms with E-state index in [0.29, 0.717) is 0 Å². The van der Waals surface area contributed by atoms with Gasteiger partial charge < -0.3 is 10.6 Å². The number of rotatable bonds is 3. The van der Waals surface area contributed by atoms with Crippen LogP contribution in [0.15, 0.2) is 24.4 Å². The van der Waals surface area contributed by atoms with Gasteiger partial charge in [-0.2, -0.15) is 0 Å². The Balaban J connectivity index is 0.00000192. The first kappa shape index (κ1) is 24.4. The molecule has 0 unspecified atom stereocenters. The molecule has 0 aromatic carbocycles. The third kappa shape index (κ3) is 6.26. The van der Waals surface area contributed by atoms with Crippen LogP contribution < -0.4 is 5.73 Å². The number of carbonyl (C=O) groups excluding carboxylic acids is 1. The van der Waals surface area contributed by atoms with Crippen molar-refractivity contribution in [3.05, 3.63) is 30.1 Å². The van der Waals surface area contributed by atoms with Gasteiger partial charge in [0.2, 0.25) is 5.91 Å². The minimum atomic E-state index is -0.596. The van der Waals surface area contributed by atoms with Gasteiger partial charge in [0.15, 0.2) is 0 Å². The Hall–Kier alpha value is -0.590.